The molecule has 1 aliphatic rings. The molecule has 64 valence electrons. The minimum Gasteiger partial charge on any atom is -0.0842 e. The minimum atomic E-state index is 0. The molecule has 0 atom stereocenters. The van der Waals surface area contributed by atoms with Gasteiger partial charge in [-0.3, -0.25) is 0 Å². The Morgan fingerprint density at radius 3 is 2.45 bits per heavy atom. The molecule has 1 rings (SSSR count). The predicted molar refractivity (Wildman–Crippen MR) is 52.7 cm³/mol. The van der Waals surface area contributed by atoms with Crippen molar-refractivity contribution >= 4 is 0 Å². The van der Waals surface area contributed by atoms with Crippen LogP contribution in [0, 0.1) is 0 Å². The van der Waals surface area contributed by atoms with E-state index in [0.29, 0.717) is 0 Å². The van der Waals surface area contributed by atoms with Crippen molar-refractivity contribution in [3.63, 3.8) is 0 Å². The van der Waals surface area contributed by atoms with Crippen LogP contribution in [0.25, 0.3) is 0 Å². The van der Waals surface area contributed by atoms with Crippen LogP contribution in [0.4, 0.5) is 0 Å². The van der Waals surface area contributed by atoms with E-state index in [4.69, 9.17) is 0 Å². The van der Waals surface area contributed by atoms with Crippen molar-refractivity contribution in [1.29, 1.82) is 0 Å². The lowest BCUT2D eigenvalue weighted by Gasteiger charge is -1.96. The Balaban J connectivity index is 0.000001000. The molecule has 1 fully saturated rings. The van der Waals surface area contributed by atoms with Crippen molar-refractivity contribution < 1.29 is 0 Å². The molecule has 0 saturated heterocycles. The summed E-state index contributed by atoms with van der Waals surface area (Å²) in [5.41, 5.74) is 3.19. The van der Waals surface area contributed by atoms with Crippen LogP contribution in [-0.4, -0.2) is 0 Å². The summed E-state index contributed by atoms with van der Waals surface area (Å²) in [7, 11) is 0. The van der Waals surface area contributed by atoms with Gasteiger partial charge in [0.05, 0.1) is 0 Å². The van der Waals surface area contributed by atoms with Gasteiger partial charge in [-0.25, -0.2) is 0 Å². The zero-order valence-electron chi connectivity index (χ0n) is 6.98. The molecule has 0 aromatic carbocycles. The Bertz CT molecular complexity index is 161. The van der Waals surface area contributed by atoms with E-state index in [1.54, 1.807) is 11.1 Å². The lowest BCUT2D eigenvalue weighted by atomic mass is 10.1. The summed E-state index contributed by atoms with van der Waals surface area (Å²) >= 11 is 0. The van der Waals surface area contributed by atoms with Crippen LogP contribution >= 0.6 is 0 Å². The van der Waals surface area contributed by atoms with Crippen molar-refractivity contribution in [3.8, 4) is 0 Å². The normalized spacial score (nSPS) is 24.2. The number of hydrogen-bond donors (Lipinski definition) is 0. The van der Waals surface area contributed by atoms with Gasteiger partial charge in [-0.1, -0.05) is 26.5 Å². The van der Waals surface area contributed by atoms with Gasteiger partial charge in [0.25, 0.3) is 0 Å². The third-order valence-electron chi connectivity index (χ3n) is 2.10. The molecule has 11 heavy (non-hydrogen) atoms. The second-order valence-electron chi connectivity index (χ2n) is 2.81. The first-order valence-electron chi connectivity index (χ1n) is 4.23. The third kappa shape index (κ3) is 2.53. The highest BCUT2D eigenvalue weighted by Crippen LogP contribution is 2.30. The smallest absolute Gasteiger partial charge is 0.0276 e. The molecule has 0 aliphatic heterocycles. The lowest BCUT2D eigenvalue weighted by Crippen LogP contribution is -1.76. The van der Waals surface area contributed by atoms with Gasteiger partial charge in [-0.15, -0.1) is 0 Å². The average Bonchev–Trinajstić information content (AvgIpc) is 2.36. The Morgan fingerprint density at radius 2 is 1.91 bits per heavy atom. The highest BCUT2D eigenvalue weighted by Gasteiger charge is 2.10. The molecule has 1 aliphatic carbocycles. The maximum atomic E-state index is 2.36. The van der Waals surface area contributed by atoms with Crippen molar-refractivity contribution in [2.75, 3.05) is 0 Å². The van der Waals surface area contributed by atoms with Gasteiger partial charge in [0.2, 0.25) is 0 Å². The van der Waals surface area contributed by atoms with Crippen molar-refractivity contribution in [1.82, 2.24) is 0 Å². The fourth-order valence-electron chi connectivity index (χ4n) is 1.60. The second-order valence-corrected chi connectivity index (χ2v) is 2.81. The van der Waals surface area contributed by atoms with Crippen molar-refractivity contribution in [3.05, 3.63) is 23.3 Å². The first kappa shape index (κ1) is 10.5. The zero-order chi connectivity index (χ0) is 7.40. The van der Waals surface area contributed by atoms with Crippen LogP contribution in [0.1, 0.15) is 47.0 Å². The molecule has 0 heterocycles. The van der Waals surface area contributed by atoms with E-state index in [1.165, 1.54) is 25.7 Å². The van der Waals surface area contributed by atoms with Gasteiger partial charge < -0.3 is 0 Å². The number of hydrogen-bond acceptors (Lipinski definition) is 0. The molecule has 0 nitrogen and oxygen atoms in total. The first-order chi connectivity index (χ1) is 4.88. The summed E-state index contributed by atoms with van der Waals surface area (Å²) in [6.07, 6.45) is 9.80. The van der Waals surface area contributed by atoms with E-state index in [-0.39, 0.29) is 7.43 Å². The predicted octanol–water partition coefficient (Wildman–Crippen LogP) is 4.09. The monoisotopic (exact) mass is 152 g/mol. The molecule has 0 aromatic rings. The molecule has 0 spiro atoms. The Labute approximate surface area is 71.0 Å². The van der Waals surface area contributed by atoms with Gasteiger partial charge in [-0.05, 0) is 43.8 Å². The van der Waals surface area contributed by atoms with Gasteiger partial charge >= 0.3 is 0 Å². The van der Waals surface area contributed by atoms with Crippen molar-refractivity contribution in [2.24, 2.45) is 0 Å². The maximum absolute atomic E-state index is 2.36. The summed E-state index contributed by atoms with van der Waals surface area (Å²) in [6.45, 7) is 4.35. The SMILES string of the molecule is C.C/C=C1/CCC/C1=C/CC. The standard InChI is InChI=1S/C10H16.CH4/c1-3-6-10-8-5-7-9(10)4-2;/h4,6H,3,5,7-8H2,1-2H3;1H4/b9-4-,10-6-;. The summed E-state index contributed by atoms with van der Waals surface area (Å²) in [5, 5.41) is 0. The molecule has 1 saturated carbocycles. The highest BCUT2D eigenvalue weighted by atomic mass is 14.2. The summed E-state index contributed by atoms with van der Waals surface area (Å²) in [6, 6.07) is 0. The fraction of sp³-hybridized carbons (Fsp3) is 0.636. The molecule has 0 bridgehead atoms. The molecule has 0 amide bonds. The largest absolute Gasteiger partial charge is 0.0842 e. The van der Waals surface area contributed by atoms with E-state index >= 15 is 0 Å². The van der Waals surface area contributed by atoms with Gasteiger partial charge in [0.15, 0.2) is 0 Å². The topological polar surface area (TPSA) is 0 Å². The highest BCUT2D eigenvalue weighted by molar-refractivity contribution is 5.34. The number of rotatable bonds is 1. The summed E-state index contributed by atoms with van der Waals surface area (Å²) in [5.74, 6) is 0. The Hall–Kier alpha value is -0.520. The van der Waals surface area contributed by atoms with Gasteiger partial charge in [0, 0.05) is 0 Å². The molecule has 0 heteroatoms. The fourth-order valence-corrected chi connectivity index (χ4v) is 1.60. The quantitative estimate of drug-likeness (QED) is 0.531. The van der Waals surface area contributed by atoms with E-state index in [0.717, 1.165) is 0 Å². The van der Waals surface area contributed by atoms with Gasteiger partial charge in [0.1, 0.15) is 0 Å². The maximum Gasteiger partial charge on any atom is -0.0276 e. The van der Waals surface area contributed by atoms with Crippen LogP contribution in [0.5, 0.6) is 0 Å². The van der Waals surface area contributed by atoms with E-state index in [2.05, 4.69) is 26.0 Å². The molecule has 0 unspecified atom stereocenters. The lowest BCUT2D eigenvalue weighted by molar-refractivity contribution is 0.929. The first-order valence-corrected chi connectivity index (χ1v) is 4.23. The Morgan fingerprint density at radius 1 is 1.27 bits per heavy atom. The third-order valence-corrected chi connectivity index (χ3v) is 2.10. The van der Waals surface area contributed by atoms with E-state index < -0.39 is 0 Å². The molecule has 0 aromatic heterocycles. The molecular formula is C11H20. The van der Waals surface area contributed by atoms with Crippen LogP contribution in [0.3, 0.4) is 0 Å². The molecule has 0 N–H and O–H groups in total. The Kier molecular flexibility index (Phi) is 4.93. The van der Waals surface area contributed by atoms with Gasteiger partial charge in [-0.2, -0.15) is 0 Å². The average molecular weight is 152 g/mol. The zero-order valence-corrected chi connectivity index (χ0v) is 6.98. The molecule has 0 radical (unpaired) electrons. The minimum absolute atomic E-state index is 0. The van der Waals surface area contributed by atoms with Crippen LogP contribution in [0.15, 0.2) is 23.3 Å². The van der Waals surface area contributed by atoms with Crippen LogP contribution < -0.4 is 0 Å². The van der Waals surface area contributed by atoms with E-state index in [9.17, 15) is 0 Å². The van der Waals surface area contributed by atoms with Crippen LogP contribution in [-0.2, 0) is 0 Å². The van der Waals surface area contributed by atoms with Crippen molar-refractivity contribution in [2.45, 2.75) is 47.0 Å². The second kappa shape index (κ2) is 5.17. The van der Waals surface area contributed by atoms with Crippen LogP contribution in [0.2, 0.25) is 0 Å². The summed E-state index contributed by atoms with van der Waals surface area (Å²) < 4.78 is 0. The summed E-state index contributed by atoms with van der Waals surface area (Å²) in [4.78, 5) is 0. The number of allylic oxidation sites excluding steroid dienone is 4. The molecular weight excluding hydrogens is 132 g/mol. The van der Waals surface area contributed by atoms with E-state index in [1.807, 2.05) is 0 Å².